The van der Waals surface area contributed by atoms with E-state index >= 15 is 4.79 Å². The van der Waals surface area contributed by atoms with Crippen LogP contribution in [-0.4, -0.2) is 89.7 Å². The average molecular weight is 717 g/mol. The summed E-state index contributed by atoms with van der Waals surface area (Å²) in [4.78, 5) is 50.1. The fraction of sp³-hybridized carbons (Fsp3) is 0.649. The highest BCUT2D eigenvalue weighted by atomic mass is 79.9. The maximum Gasteiger partial charge on any atom is 0.247 e. The van der Waals surface area contributed by atoms with Gasteiger partial charge in [-0.2, -0.15) is 0 Å². The second kappa shape index (κ2) is 14.2. The lowest BCUT2D eigenvalue weighted by atomic mass is 9.70. The van der Waals surface area contributed by atoms with Crippen LogP contribution in [0.2, 0.25) is 0 Å². The Labute approximate surface area is 289 Å². The standard InChI is InChI=1S/C37H54BrN3O4S/c1-10-17-39(21-25-15-13-12-14-16-25)32(43)28-29-33(44)41(26(22-42)19-24(3)4)31(37(29)20-27(38)30(28)46-37)34(45)40(18-11-2)36(8,9)23-35(5,6)7/h10-16,24,26-31,42H,1-2,17-23H2,3-9H3/t26-,27?,28+,29+,30+,31?,37?/m1/s1. The first-order chi connectivity index (χ1) is 21.5. The van der Waals surface area contributed by atoms with Crippen LogP contribution in [0.25, 0.3) is 0 Å². The van der Waals surface area contributed by atoms with Crippen molar-refractivity contribution < 1.29 is 19.5 Å². The average Bonchev–Trinajstić information content (AvgIpc) is 3.56. The Morgan fingerprint density at radius 1 is 1.11 bits per heavy atom. The van der Waals surface area contributed by atoms with Gasteiger partial charge < -0.3 is 19.8 Å². The van der Waals surface area contributed by atoms with Crippen molar-refractivity contribution >= 4 is 45.4 Å². The van der Waals surface area contributed by atoms with Crippen LogP contribution < -0.4 is 0 Å². The van der Waals surface area contributed by atoms with E-state index in [1.807, 2.05) is 35.2 Å². The predicted octanol–water partition coefficient (Wildman–Crippen LogP) is 6.30. The van der Waals surface area contributed by atoms with Gasteiger partial charge in [0.05, 0.1) is 29.2 Å². The molecule has 7 nitrogen and oxygen atoms in total. The summed E-state index contributed by atoms with van der Waals surface area (Å²) >= 11 is 5.56. The van der Waals surface area contributed by atoms with Gasteiger partial charge in [0, 0.05) is 35.3 Å². The Hall–Kier alpha value is -2.10. The highest BCUT2D eigenvalue weighted by Crippen LogP contribution is 2.68. The molecule has 46 heavy (non-hydrogen) atoms. The van der Waals surface area contributed by atoms with Crippen molar-refractivity contribution in [1.29, 1.82) is 0 Å². The molecule has 0 radical (unpaired) electrons. The number of likely N-dealkylation sites (tertiary alicyclic amines) is 1. The van der Waals surface area contributed by atoms with Crippen LogP contribution in [0.5, 0.6) is 0 Å². The van der Waals surface area contributed by atoms with Crippen molar-refractivity contribution in [2.45, 2.75) is 107 Å². The van der Waals surface area contributed by atoms with E-state index in [0.717, 1.165) is 12.0 Å². The zero-order valence-electron chi connectivity index (χ0n) is 28.7. The van der Waals surface area contributed by atoms with Crippen LogP contribution in [-0.2, 0) is 20.9 Å². The molecule has 0 aliphatic carbocycles. The number of halogens is 1. The number of rotatable bonds is 14. The van der Waals surface area contributed by atoms with Crippen molar-refractivity contribution in [1.82, 2.24) is 14.7 Å². The summed E-state index contributed by atoms with van der Waals surface area (Å²) in [5.74, 6) is -1.47. The summed E-state index contributed by atoms with van der Waals surface area (Å²) < 4.78 is -0.804. The molecule has 4 rings (SSSR count). The number of hydrogen-bond acceptors (Lipinski definition) is 5. The van der Waals surface area contributed by atoms with E-state index in [4.69, 9.17) is 0 Å². The van der Waals surface area contributed by atoms with Crippen molar-refractivity contribution in [3.63, 3.8) is 0 Å². The van der Waals surface area contributed by atoms with E-state index < -0.39 is 34.2 Å². The molecule has 2 bridgehead atoms. The van der Waals surface area contributed by atoms with Gasteiger partial charge in [0.25, 0.3) is 0 Å². The third-order valence-electron chi connectivity index (χ3n) is 9.74. The fourth-order valence-electron chi connectivity index (χ4n) is 8.55. The van der Waals surface area contributed by atoms with E-state index in [9.17, 15) is 14.7 Å². The number of aliphatic hydroxyl groups excluding tert-OH is 1. The minimum absolute atomic E-state index is 0.0406. The lowest BCUT2D eigenvalue weighted by Gasteiger charge is -2.47. The second-order valence-electron chi connectivity index (χ2n) is 15.7. The summed E-state index contributed by atoms with van der Waals surface area (Å²) in [6, 6.07) is 8.51. The molecule has 3 aliphatic rings. The molecule has 254 valence electrons. The number of amides is 3. The van der Waals surface area contributed by atoms with Crippen molar-refractivity contribution in [2.75, 3.05) is 19.7 Å². The van der Waals surface area contributed by atoms with Crippen molar-refractivity contribution in [3.05, 3.63) is 61.2 Å². The number of alkyl halides is 1. The monoisotopic (exact) mass is 715 g/mol. The van der Waals surface area contributed by atoms with Crippen molar-refractivity contribution in [2.24, 2.45) is 23.2 Å². The summed E-state index contributed by atoms with van der Waals surface area (Å²) in [6.45, 7) is 23.6. The fourth-order valence-corrected chi connectivity index (χ4v) is 12.1. The van der Waals surface area contributed by atoms with Gasteiger partial charge in [0.1, 0.15) is 6.04 Å². The summed E-state index contributed by atoms with van der Waals surface area (Å²) in [6.07, 6.45) is 5.39. The molecule has 3 fully saturated rings. The molecular weight excluding hydrogens is 662 g/mol. The Kier molecular flexibility index (Phi) is 11.3. The molecule has 0 aromatic heterocycles. The largest absolute Gasteiger partial charge is 0.394 e. The van der Waals surface area contributed by atoms with Crippen LogP contribution in [0.15, 0.2) is 55.6 Å². The molecule has 1 spiro atoms. The van der Waals surface area contributed by atoms with E-state index in [-0.39, 0.29) is 45.7 Å². The van der Waals surface area contributed by atoms with Gasteiger partial charge in [-0.1, -0.05) is 93.0 Å². The van der Waals surface area contributed by atoms with Crippen LogP contribution in [0.3, 0.4) is 0 Å². The highest BCUT2D eigenvalue weighted by Gasteiger charge is 2.76. The number of aliphatic hydroxyl groups is 1. The first kappa shape index (κ1) is 36.7. The minimum Gasteiger partial charge on any atom is -0.394 e. The van der Waals surface area contributed by atoms with Gasteiger partial charge in [0.15, 0.2) is 0 Å². The first-order valence-corrected chi connectivity index (χ1v) is 18.4. The third-order valence-corrected chi connectivity index (χ3v) is 13.0. The molecule has 3 saturated heterocycles. The number of nitrogens with zero attached hydrogens (tertiary/aromatic N) is 3. The number of hydrogen-bond donors (Lipinski definition) is 1. The smallest absolute Gasteiger partial charge is 0.247 e. The van der Waals surface area contributed by atoms with Crippen LogP contribution in [0.4, 0.5) is 0 Å². The quantitative estimate of drug-likeness (QED) is 0.181. The number of carbonyl (C=O) groups is 3. The molecule has 1 N–H and O–H groups in total. The molecule has 9 heteroatoms. The molecule has 3 aliphatic heterocycles. The van der Waals surface area contributed by atoms with Gasteiger partial charge in [-0.15, -0.1) is 24.9 Å². The maximum atomic E-state index is 15.2. The number of carbonyl (C=O) groups excluding carboxylic acids is 3. The maximum absolute atomic E-state index is 15.2. The Bertz CT molecular complexity index is 1300. The molecule has 3 heterocycles. The van der Waals surface area contributed by atoms with E-state index in [1.165, 1.54) is 0 Å². The zero-order chi connectivity index (χ0) is 34.2. The second-order valence-corrected chi connectivity index (χ2v) is 18.4. The Morgan fingerprint density at radius 2 is 1.74 bits per heavy atom. The van der Waals surface area contributed by atoms with Gasteiger partial charge in [-0.05, 0) is 50.0 Å². The van der Waals surface area contributed by atoms with Crippen LogP contribution in [0.1, 0.15) is 73.3 Å². The van der Waals surface area contributed by atoms with E-state index in [1.54, 1.807) is 33.7 Å². The lowest BCUT2D eigenvalue weighted by molar-refractivity contribution is -0.150. The van der Waals surface area contributed by atoms with Gasteiger partial charge in [-0.25, -0.2) is 0 Å². The van der Waals surface area contributed by atoms with E-state index in [2.05, 4.69) is 77.6 Å². The van der Waals surface area contributed by atoms with Crippen LogP contribution >= 0.6 is 27.7 Å². The van der Waals surface area contributed by atoms with Crippen LogP contribution in [0, 0.1) is 23.2 Å². The summed E-state index contributed by atoms with van der Waals surface area (Å²) in [5, 5.41) is 10.6. The predicted molar refractivity (Wildman–Crippen MR) is 192 cm³/mol. The van der Waals surface area contributed by atoms with E-state index in [0.29, 0.717) is 32.5 Å². The Morgan fingerprint density at radius 3 is 2.28 bits per heavy atom. The van der Waals surface area contributed by atoms with Gasteiger partial charge in [-0.3, -0.25) is 14.4 Å². The lowest BCUT2D eigenvalue weighted by Crippen LogP contribution is -2.62. The highest BCUT2D eigenvalue weighted by molar-refractivity contribution is 9.09. The topological polar surface area (TPSA) is 81.2 Å². The molecular formula is C37H54BrN3O4S. The molecule has 1 aromatic carbocycles. The first-order valence-electron chi connectivity index (χ1n) is 16.6. The molecule has 3 amide bonds. The SMILES string of the molecule is C=CCN(Cc1ccccc1)C(=O)[C@H]1[C@H]2C(=O)N([C@@H](CO)CC(C)C)C(C(=O)N(CC=C)C(C)(C)CC(C)(C)C)C23CC(Br)[C@@H]1S3. The third kappa shape index (κ3) is 7.02. The summed E-state index contributed by atoms with van der Waals surface area (Å²) in [7, 11) is 0. The molecule has 1 aromatic rings. The van der Waals surface area contributed by atoms with Gasteiger partial charge >= 0.3 is 0 Å². The normalized spacial score (nSPS) is 27.9. The van der Waals surface area contributed by atoms with Crippen molar-refractivity contribution in [3.8, 4) is 0 Å². The molecule has 3 unspecified atom stereocenters. The zero-order valence-corrected chi connectivity index (χ0v) is 31.1. The molecule has 7 atom stereocenters. The number of thioether (sulfide) groups is 1. The Balaban J connectivity index is 1.83. The number of fused-ring (bicyclic) bond motifs is 1. The minimum atomic E-state index is -0.810. The number of benzene rings is 1. The summed E-state index contributed by atoms with van der Waals surface area (Å²) in [5.41, 5.74) is 0.428. The molecule has 0 saturated carbocycles. The van der Waals surface area contributed by atoms with Gasteiger partial charge in [0.2, 0.25) is 17.7 Å².